The Morgan fingerprint density at radius 1 is 1.35 bits per heavy atom. The van der Waals surface area contributed by atoms with Gasteiger partial charge in [0.25, 0.3) is 0 Å². The van der Waals surface area contributed by atoms with Gasteiger partial charge >= 0.3 is 0 Å². The summed E-state index contributed by atoms with van der Waals surface area (Å²) in [6, 6.07) is 0.594. The molecule has 0 bridgehead atoms. The molecule has 112 valence electrons. The Bertz CT molecular complexity index is 500. The van der Waals surface area contributed by atoms with Gasteiger partial charge in [-0.2, -0.15) is 0 Å². The molecule has 2 nitrogen and oxygen atoms in total. The average molecular weight is 275 g/mol. The minimum absolute atomic E-state index is 0.594. The quantitative estimate of drug-likeness (QED) is 0.782. The molecule has 0 N–H and O–H groups in total. The maximum absolute atomic E-state index is 5.40. The van der Waals surface area contributed by atoms with Crippen molar-refractivity contribution in [3.8, 4) is 0 Å². The molecule has 1 aromatic rings. The monoisotopic (exact) mass is 275 g/mol. The van der Waals surface area contributed by atoms with Crippen LogP contribution in [0.4, 0.5) is 0 Å². The van der Waals surface area contributed by atoms with E-state index in [2.05, 4.69) is 52.0 Å². The summed E-state index contributed by atoms with van der Waals surface area (Å²) < 4.78 is 7.90. The second kappa shape index (κ2) is 5.77. The number of aryl methyl sites for hydroxylation is 1. The Balaban J connectivity index is 2.33. The lowest BCUT2D eigenvalue weighted by Crippen LogP contribution is -2.16. The summed E-state index contributed by atoms with van der Waals surface area (Å²) in [6.07, 6.45) is 3.54. The van der Waals surface area contributed by atoms with Crippen LogP contribution in [0.2, 0.25) is 0 Å². The zero-order valence-corrected chi connectivity index (χ0v) is 13.9. The van der Waals surface area contributed by atoms with Gasteiger partial charge in [0.15, 0.2) is 0 Å². The first-order valence-electron chi connectivity index (χ1n) is 7.71. The van der Waals surface area contributed by atoms with Gasteiger partial charge in [0.05, 0.1) is 0 Å². The molecule has 0 spiro atoms. The topological polar surface area (TPSA) is 14.2 Å². The van der Waals surface area contributed by atoms with Gasteiger partial charge in [0, 0.05) is 37.2 Å². The summed E-state index contributed by atoms with van der Waals surface area (Å²) in [5.74, 6) is 2.09. The van der Waals surface area contributed by atoms with E-state index >= 15 is 0 Å². The third-order valence-corrected chi connectivity index (χ3v) is 5.37. The van der Waals surface area contributed by atoms with E-state index in [9.17, 15) is 0 Å². The molecule has 4 unspecified atom stereocenters. The molecule has 1 heterocycles. The first-order valence-corrected chi connectivity index (χ1v) is 7.71. The van der Waals surface area contributed by atoms with Crippen LogP contribution in [-0.2, 0) is 4.74 Å². The number of ether oxygens (including phenoxy) is 1. The third-order valence-electron chi connectivity index (χ3n) is 5.37. The molecule has 1 fully saturated rings. The van der Waals surface area contributed by atoms with Crippen LogP contribution in [0.3, 0.4) is 0 Å². The van der Waals surface area contributed by atoms with E-state index in [4.69, 9.17) is 4.74 Å². The van der Waals surface area contributed by atoms with Crippen molar-refractivity contribution in [2.24, 2.45) is 17.8 Å². The van der Waals surface area contributed by atoms with Crippen LogP contribution in [0, 0.1) is 31.6 Å². The predicted molar refractivity (Wildman–Crippen MR) is 86.0 cm³/mol. The molecular formula is C18H29NO. The molecule has 1 aliphatic carbocycles. The molecule has 0 amide bonds. The van der Waals surface area contributed by atoms with Crippen molar-refractivity contribution in [1.29, 1.82) is 0 Å². The number of allylic oxidation sites excluding steroid dienone is 1. The molecule has 1 saturated carbocycles. The van der Waals surface area contributed by atoms with E-state index in [1.807, 2.05) is 7.11 Å². The lowest BCUT2D eigenvalue weighted by Gasteiger charge is -2.22. The zero-order valence-electron chi connectivity index (χ0n) is 13.9. The largest absolute Gasteiger partial charge is 0.384 e. The molecule has 1 aliphatic rings. The van der Waals surface area contributed by atoms with Crippen LogP contribution in [0.15, 0.2) is 12.8 Å². The van der Waals surface area contributed by atoms with E-state index in [0.29, 0.717) is 17.9 Å². The summed E-state index contributed by atoms with van der Waals surface area (Å²) >= 11 is 0. The SMILES string of the molecule is C=C(C)c1c(C)cn(C2CC(COC)C(C)C2C)c1C. The number of hydrogen-bond donors (Lipinski definition) is 0. The molecule has 4 atom stereocenters. The standard InChI is InChI=1S/C18H29NO/c1-11(2)18-12(3)9-19(15(18)6)17-8-16(10-20-7)13(4)14(17)5/h9,13-14,16-17H,1,8,10H2,2-7H3. The van der Waals surface area contributed by atoms with Gasteiger partial charge in [-0.05, 0) is 56.1 Å². The Morgan fingerprint density at radius 3 is 2.50 bits per heavy atom. The van der Waals surface area contributed by atoms with Gasteiger partial charge in [-0.15, -0.1) is 0 Å². The van der Waals surface area contributed by atoms with Crippen LogP contribution < -0.4 is 0 Å². The highest BCUT2D eigenvalue weighted by Crippen LogP contribution is 2.45. The van der Waals surface area contributed by atoms with E-state index in [1.165, 1.54) is 28.8 Å². The number of methoxy groups -OCH3 is 1. The third kappa shape index (κ3) is 2.46. The van der Waals surface area contributed by atoms with Crippen LogP contribution in [0.25, 0.3) is 5.57 Å². The summed E-state index contributed by atoms with van der Waals surface area (Å²) in [6.45, 7) is 16.3. The van der Waals surface area contributed by atoms with Crippen molar-refractivity contribution in [2.45, 2.75) is 47.1 Å². The van der Waals surface area contributed by atoms with E-state index < -0.39 is 0 Å². The van der Waals surface area contributed by atoms with Gasteiger partial charge < -0.3 is 9.30 Å². The van der Waals surface area contributed by atoms with Crippen molar-refractivity contribution in [3.05, 3.63) is 29.6 Å². The van der Waals surface area contributed by atoms with Crippen molar-refractivity contribution >= 4 is 5.57 Å². The lowest BCUT2D eigenvalue weighted by atomic mass is 9.92. The van der Waals surface area contributed by atoms with E-state index in [1.54, 1.807) is 0 Å². The highest BCUT2D eigenvalue weighted by atomic mass is 16.5. The number of nitrogens with zero attached hydrogens (tertiary/aromatic N) is 1. The Kier molecular flexibility index (Phi) is 4.43. The second-order valence-electron chi connectivity index (χ2n) is 6.70. The molecule has 1 aromatic heterocycles. The van der Waals surface area contributed by atoms with Gasteiger partial charge in [-0.3, -0.25) is 0 Å². The van der Waals surface area contributed by atoms with Crippen molar-refractivity contribution in [2.75, 3.05) is 13.7 Å². The molecular weight excluding hydrogens is 246 g/mol. The molecule has 0 aliphatic heterocycles. The van der Waals surface area contributed by atoms with Gasteiger partial charge in [0.1, 0.15) is 0 Å². The molecule has 20 heavy (non-hydrogen) atoms. The first kappa shape index (κ1) is 15.4. The Morgan fingerprint density at radius 2 is 2.00 bits per heavy atom. The first-order chi connectivity index (χ1) is 9.38. The van der Waals surface area contributed by atoms with Crippen molar-refractivity contribution < 1.29 is 4.74 Å². The fourth-order valence-corrected chi connectivity index (χ4v) is 4.09. The molecule has 0 radical (unpaired) electrons. The Hall–Kier alpha value is -1.02. The predicted octanol–water partition coefficient (Wildman–Crippen LogP) is 4.62. The minimum Gasteiger partial charge on any atom is -0.384 e. The second-order valence-corrected chi connectivity index (χ2v) is 6.70. The number of aromatic nitrogens is 1. The number of rotatable bonds is 4. The average Bonchev–Trinajstić information content (AvgIpc) is 2.81. The number of hydrogen-bond acceptors (Lipinski definition) is 1. The fraction of sp³-hybridized carbons (Fsp3) is 0.667. The minimum atomic E-state index is 0.594. The van der Waals surface area contributed by atoms with Gasteiger partial charge in [-0.25, -0.2) is 0 Å². The maximum atomic E-state index is 5.40. The lowest BCUT2D eigenvalue weighted by molar-refractivity contribution is 0.131. The zero-order chi connectivity index (χ0) is 15.0. The van der Waals surface area contributed by atoms with Crippen LogP contribution >= 0.6 is 0 Å². The molecule has 0 saturated heterocycles. The van der Waals surface area contributed by atoms with Crippen LogP contribution in [-0.4, -0.2) is 18.3 Å². The van der Waals surface area contributed by atoms with Gasteiger partial charge in [0.2, 0.25) is 0 Å². The highest BCUT2D eigenvalue weighted by Gasteiger charge is 2.39. The van der Waals surface area contributed by atoms with Crippen LogP contribution in [0.5, 0.6) is 0 Å². The van der Waals surface area contributed by atoms with Gasteiger partial charge in [-0.1, -0.05) is 20.4 Å². The molecule has 2 rings (SSSR count). The summed E-state index contributed by atoms with van der Waals surface area (Å²) in [5.41, 5.74) is 5.24. The molecule has 0 aromatic carbocycles. The Labute approximate surface area is 123 Å². The van der Waals surface area contributed by atoms with Crippen LogP contribution in [0.1, 0.15) is 50.1 Å². The normalized spacial score (nSPS) is 29.9. The maximum Gasteiger partial charge on any atom is 0.0493 e. The van der Waals surface area contributed by atoms with Crippen molar-refractivity contribution in [3.63, 3.8) is 0 Å². The van der Waals surface area contributed by atoms with E-state index in [0.717, 1.165) is 12.5 Å². The summed E-state index contributed by atoms with van der Waals surface area (Å²) in [5, 5.41) is 0. The smallest absolute Gasteiger partial charge is 0.0493 e. The van der Waals surface area contributed by atoms with Crippen molar-refractivity contribution in [1.82, 2.24) is 4.57 Å². The molecule has 2 heteroatoms. The highest BCUT2D eigenvalue weighted by molar-refractivity contribution is 5.66. The summed E-state index contributed by atoms with van der Waals surface area (Å²) in [7, 11) is 1.81. The fourth-order valence-electron chi connectivity index (χ4n) is 4.09. The van der Waals surface area contributed by atoms with E-state index in [-0.39, 0.29) is 0 Å². The summed E-state index contributed by atoms with van der Waals surface area (Å²) in [4.78, 5) is 0.